The van der Waals surface area contributed by atoms with Crippen molar-refractivity contribution in [2.45, 2.75) is 32.2 Å². The molecule has 1 aliphatic heterocycles. The quantitative estimate of drug-likeness (QED) is 0.625. The number of carbonyl (C=O) groups is 1. The third kappa shape index (κ3) is 4.60. The number of amides is 1. The average Bonchev–Trinajstić information content (AvgIpc) is 3.20. The predicted molar refractivity (Wildman–Crippen MR) is 116 cm³/mol. The van der Waals surface area contributed by atoms with Gasteiger partial charge in [0.25, 0.3) is 5.91 Å². The number of hydrogen-bond acceptors (Lipinski definition) is 5. The monoisotopic (exact) mass is 404 g/mol. The maximum atomic E-state index is 13.1. The van der Waals surface area contributed by atoms with Gasteiger partial charge >= 0.3 is 0 Å². The van der Waals surface area contributed by atoms with Crippen molar-refractivity contribution in [3.05, 3.63) is 71.9 Å². The van der Waals surface area contributed by atoms with E-state index < -0.39 is 0 Å². The minimum absolute atomic E-state index is 0.0645. The van der Waals surface area contributed by atoms with Crippen molar-refractivity contribution in [1.29, 1.82) is 0 Å². The number of carbonyl (C=O) groups excluding carboxylic acids is 1. The normalized spacial score (nSPS) is 15.3. The Morgan fingerprint density at radius 3 is 2.57 bits per heavy atom. The molecule has 3 aromatic rings. The lowest BCUT2D eigenvalue weighted by Crippen LogP contribution is -2.46. The van der Waals surface area contributed by atoms with E-state index in [2.05, 4.69) is 20.9 Å². The first-order valence-corrected chi connectivity index (χ1v) is 10.5. The first-order chi connectivity index (χ1) is 14.6. The molecule has 156 valence electrons. The molecule has 1 aromatic carbocycles. The zero-order valence-electron chi connectivity index (χ0n) is 17.6. The Morgan fingerprint density at radius 2 is 1.87 bits per heavy atom. The van der Waals surface area contributed by atoms with Crippen LogP contribution in [0.1, 0.15) is 34.8 Å². The van der Waals surface area contributed by atoms with Crippen molar-refractivity contribution in [3.63, 3.8) is 0 Å². The molecule has 0 bridgehead atoms. The molecule has 0 unspecified atom stereocenters. The molecular weight excluding hydrogens is 376 g/mol. The van der Waals surface area contributed by atoms with Gasteiger partial charge in [0.1, 0.15) is 5.76 Å². The number of oxazole rings is 1. The van der Waals surface area contributed by atoms with E-state index in [1.165, 1.54) is 0 Å². The number of hydrogen-bond donors (Lipinski definition) is 0. The highest BCUT2D eigenvalue weighted by atomic mass is 16.4. The Balaban J connectivity index is 1.33. The van der Waals surface area contributed by atoms with Crippen molar-refractivity contribution < 1.29 is 9.21 Å². The summed E-state index contributed by atoms with van der Waals surface area (Å²) >= 11 is 0. The smallest absolute Gasteiger partial charge is 0.276 e. The summed E-state index contributed by atoms with van der Waals surface area (Å²) in [5, 5.41) is 0. The first kappa shape index (κ1) is 20.3. The molecule has 1 aliphatic rings. The highest BCUT2D eigenvalue weighted by Gasteiger charge is 2.29. The van der Waals surface area contributed by atoms with E-state index in [0.29, 0.717) is 17.3 Å². The van der Waals surface area contributed by atoms with E-state index in [1.807, 2.05) is 60.6 Å². The average molecular weight is 405 g/mol. The van der Waals surface area contributed by atoms with Crippen molar-refractivity contribution in [3.8, 4) is 11.5 Å². The number of pyridine rings is 1. The number of rotatable bonds is 6. The molecule has 6 nitrogen and oxygen atoms in total. The summed E-state index contributed by atoms with van der Waals surface area (Å²) in [5.41, 5.74) is 2.42. The van der Waals surface area contributed by atoms with E-state index in [-0.39, 0.29) is 11.9 Å². The van der Waals surface area contributed by atoms with Gasteiger partial charge in [-0.15, -0.1) is 0 Å². The fourth-order valence-corrected chi connectivity index (χ4v) is 3.98. The number of aryl methyl sites for hydroxylation is 1. The Bertz CT molecular complexity index is 963. The molecule has 2 aromatic heterocycles. The van der Waals surface area contributed by atoms with Gasteiger partial charge in [-0.1, -0.05) is 24.3 Å². The molecule has 0 saturated carbocycles. The molecule has 0 atom stereocenters. The van der Waals surface area contributed by atoms with Gasteiger partial charge in [0.2, 0.25) is 5.89 Å². The summed E-state index contributed by atoms with van der Waals surface area (Å²) in [7, 11) is 1.88. The fourth-order valence-electron chi connectivity index (χ4n) is 3.98. The second-order valence-corrected chi connectivity index (χ2v) is 7.85. The largest absolute Gasteiger partial charge is 0.441 e. The summed E-state index contributed by atoms with van der Waals surface area (Å²) < 4.78 is 5.78. The topological polar surface area (TPSA) is 62.5 Å². The standard InChI is InChI=1S/C24H28N4O2/c1-18-22(26-23(30-18)19-8-4-3-5-9-19)24(29)27(2)21-12-16-28(17-13-21)15-11-20-10-6-7-14-25-20/h3-10,14,21H,11-13,15-17H2,1-2H3. The minimum atomic E-state index is -0.0645. The molecule has 1 saturated heterocycles. The Morgan fingerprint density at radius 1 is 1.13 bits per heavy atom. The van der Waals surface area contributed by atoms with Gasteiger partial charge in [0, 0.05) is 56.6 Å². The molecular formula is C24H28N4O2. The summed E-state index contributed by atoms with van der Waals surface area (Å²) in [6.45, 7) is 4.79. The summed E-state index contributed by atoms with van der Waals surface area (Å²) in [6.07, 6.45) is 4.73. The molecule has 0 spiro atoms. The highest BCUT2D eigenvalue weighted by Crippen LogP contribution is 2.24. The van der Waals surface area contributed by atoms with Crippen LogP contribution in [-0.4, -0.2) is 58.4 Å². The van der Waals surface area contributed by atoms with Gasteiger partial charge in [-0.05, 0) is 44.0 Å². The SMILES string of the molecule is Cc1oc(-c2ccccc2)nc1C(=O)N(C)C1CCN(CCc2ccccn2)CC1. The predicted octanol–water partition coefficient (Wildman–Crippen LogP) is 3.82. The van der Waals surface area contributed by atoms with Crippen molar-refractivity contribution >= 4 is 5.91 Å². The van der Waals surface area contributed by atoms with Crippen LogP contribution in [0.3, 0.4) is 0 Å². The molecule has 0 radical (unpaired) electrons. The van der Waals surface area contributed by atoms with Crippen molar-refractivity contribution in [1.82, 2.24) is 19.8 Å². The molecule has 4 rings (SSSR count). The van der Waals surface area contributed by atoms with E-state index in [4.69, 9.17) is 4.42 Å². The van der Waals surface area contributed by atoms with Crippen LogP contribution < -0.4 is 0 Å². The molecule has 3 heterocycles. The number of aromatic nitrogens is 2. The lowest BCUT2D eigenvalue weighted by Gasteiger charge is -2.36. The van der Waals surface area contributed by atoms with Crippen LogP contribution in [0.2, 0.25) is 0 Å². The molecule has 0 N–H and O–H groups in total. The lowest BCUT2D eigenvalue weighted by atomic mass is 10.0. The number of piperidine rings is 1. The van der Waals surface area contributed by atoms with E-state index in [9.17, 15) is 4.79 Å². The van der Waals surface area contributed by atoms with Crippen LogP contribution in [0.15, 0.2) is 59.1 Å². The Labute approximate surface area is 177 Å². The lowest BCUT2D eigenvalue weighted by molar-refractivity contribution is 0.0636. The minimum Gasteiger partial charge on any atom is -0.441 e. The van der Waals surface area contributed by atoms with E-state index >= 15 is 0 Å². The fraction of sp³-hybridized carbons (Fsp3) is 0.375. The second-order valence-electron chi connectivity index (χ2n) is 7.85. The summed E-state index contributed by atoms with van der Waals surface area (Å²) in [4.78, 5) is 26.3. The number of nitrogens with zero attached hydrogens (tertiary/aromatic N) is 4. The first-order valence-electron chi connectivity index (χ1n) is 10.5. The van der Waals surface area contributed by atoms with Gasteiger partial charge in [0.15, 0.2) is 5.69 Å². The van der Waals surface area contributed by atoms with Gasteiger partial charge in [-0.25, -0.2) is 4.98 Å². The zero-order valence-corrected chi connectivity index (χ0v) is 17.6. The summed E-state index contributed by atoms with van der Waals surface area (Å²) in [5.74, 6) is 0.998. The summed E-state index contributed by atoms with van der Waals surface area (Å²) in [6, 6.07) is 16.0. The third-order valence-corrected chi connectivity index (χ3v) is 5.86. The zero-order chi connectivity index (χ0) is 20.9. The van der Waals surface area contributed by atoms with Crippen molar-refractivity contribution in [2.24, 2.45) is 0 Å². The van der Waals surface area contributed by atoms with Crippen LogP contribution in [0, 0.1) is 6.92 Å². The maximum Gasteiger partial charge on any atom is 0.276 e. The van der Waals surface area contributed by atoms with Gasteiger partial charge in [-0.2, -0.15) is 0 Å². The van der Waals surface area contributed by atoms with Crippen LogP contribution in [-0.2, 0) is 6.42 Å². The van der Waals surface area contributed by atoms with E-state index in [0.717, 1.165) is 50.2 Å². The molecule has 0 aliphatic carbocycles. The van der Waals surface area contributed by atoms with Gasteiger partial charge in [0.05, 0.1) is 0 Å². The molecule has 1 amide bonds. The van der Waals surface area contributed by atoms with Gasteiger partial charge < -0.3 is 14.2 Å². The van der Waals surface area contributed by atoms with Crippen molar-refractivity contribution in [2.75, 3.05) is 26.7 Å². The third-order valence-electron chi connectivity index (χ3n) is 5.86. The second kappa shape index (κ2) is 9.22. The molecule has 30 heavy (non-hydrogen) atoms. The highest BCUT2D eigenvalue weighted by molar-refractivity contribution is 5.93. The number of likely N-dealkylation sites (tertiary alicyclic amines) is 1. The van der Waals surface area contributed by atoms with Crippen LogP contribution in [0.5, 0.6) is 0 Å². The number of benzene rings is 1. The van der Waals surface area contributed by atoms with Crippen LogP contribution >= 0.6 is 0 Å². The van der Waals surface area contributed by atoms with E-state index in [1.54, 1.807) is 6.92 Å². The van der Waals surface area contributed by atoms with Crippen LogP contribution in [0.25, 0.3) is 11.5 Å². The Kier molecular flexibility index (Phi) is 6.23. The van der Waals surface area contributed by atoms with Crippen LogP contribution in [0.4, 0.5) is 0 Å². The Hall–Kier alpha value is -2.99. The molecule has 6 heteroatoms. The molecule has 1 fully saturated rings. The maximum absolute atomic E-state index is 13.1. The van der Waals surface area contributed by atoms with Gasteiger partial charge in [-0.3, -0.25) is 9.78 Å².